The molecule has 1 amide bonds. The van der Waals surface area contributed by atoms with Gasteiger partial charge in [-0.05, 0) is 55.9 Å². The summed E-state index contributed by atoms with van der Waals surface area (Å²) in [6.07, 6.45) is 8.48. The average molecular weight is 404 g/mol. The first kappa shape index (κ1) is 20.3. The number of carbonyl (C=O) groups is 1. The molecule has 0 spiro atoms. The number of rotatable bonds is 9. The summed E-state index contributed by atoms with van der Waals surface area (Å²) in [5.41, 5.74) is 4.25. The molecule has 4 rings (SSSR count). The number of para-hydroxylation sites is 3. The van der Waals surface area contributed by atoms with Crippen molar-refractivity contribution in [1.29, 1.82) is 0 Å². The number of carbonyl (C=O) groups excluding carboxylic acids is 1. The molecule has 6 heteroatoms. The quantitative estimate of drug-likeness (QED) is 0.472. The smallest absolute Gasteiger partial charge is 0.239 e. The number of nitrogens with one attached hydrogen (secondary N) is 3. The van der Waals surface area contributed by atoms with Crippen molar-refractivity contribution in [2.45, 2.75) is 32.1 Å². The molecule has 30 heavy (non-hydrogen) atoms. The van der Waals surface area contributed by atoms with Crippen molar-refractivity contribution in [2.75, 3.05) is 36.4 Å². The van der Waals surface area contributed by atoms with Gasteiger partial charge in [-0.1, -0.05) is 30.3 Å². The Kier molecular flexibility index (Phi) is 6.85. The Bertz CT molecular complexity index is 934. The number of H-pyrrole nitrogens is 1. The van der Waals surface area contributed by atoms with Crippen LogP contribution in [0.4, 0.5) is 11.6 Å². The maximum absolute atomic E-state index is 12.4. The zero-order valence-corrected chi connectivity index (χ0v) is 17.3. The number of unbranched alkanes of at least 4 members (excludes halogenated alkanes) is 2. The Labute approximate surface area is 178 Å². The second-order valence-corrected chi connectivity index (χ2v) is 7.66. The molecule has 3 aromatic rings. The van der Waals surface area contributed by atoms with E-state index in [0.29, 0.717) is 6.54 Å². The average Bonchev–Trinajstić information content (AvgIpc) is 3.07. The summed E-state index contributed by atoms with van der Waals surface area (Å²) in [4.78, 5) is 22.4. The highest BCUT2D eigenvalue weighted by atomic mass is 16.2. The molecule has 0 aliphatic carbocycles. The predicted octanol–water partition coefficient (Wildman–Crippen LogP) is 3.99. The SMILES string of the molecule is O=C(CN1CCC[C]c2ccccc21)NCCCCCNc1nc2ccccc2[nH]1. The number of amides is 1. The third-order valence-electron chi connectivity index (χ3n) is 5.36. The number of hydrogen-bond donors (Lipinski definition) is 3. The normalized spacial score (nSPS) is 13.7. The van der Waals surface area contributed by atoms with Crippen LogP contribution in [0.1, 0.15) is 37.7 Å². The van der Waals surface area contributed by atoms with E-state index < -0.39 is 0 Å². The highest BCUT2D eigenvalue weighted by molar-refractivity contribution is 5.82. The Morgan fingerprint density at radius 2 is 1.90 bits per heavy atom. The molecule has 156 valence electrons. The van der Waals surface area contributed by atoms with Crippen LogP contribution in [-0.4, -0.2) is 42.1 Å². The lowest BCUT2D eigenvalue weighted by molar-refractivity contribution is -0.119. The third kappa shape index (κ3) is 5.32. The summed E-state index contributed by atoms with van der Waals surface area (Å²) >= 11 is 0. The molecule has 0 bridgehead atoms. The summed E-state index contributed by atoms with van der Waals surface area (Å²) in [5.74, 6) is 0.906. The van der Waals surface area contributed by atoms with Gasteiger partial charge in [-0.3, -0.25) is 4.79 Å². The number of aromatic nitrogens is 2. The largest absolute Gasteiger partial charge is 0.362 e. The third-order valence-corrected chi connectivity index (χ3v) is 5.36. The number of nitrogens with zero attached hydrogens (tertiary/aromatic N) is 2. The Morgan fingerprint density at radius 1 is 1.07 bits per heavy atom. The van der Waals surface area contributed by atoms with Gasteiger partial charge in [0.25, 0.3) is 0 Å². The highest BCUT2D eigenvalue weighted by Crippen LogP contribution is 2.26. The first-order valence-electron chi connectivity index (χ1n) is 10.8. The monoisotopic (exact) mass is 403 g/mol. The lowest BCUT2D eigenvalue weighted by atomic mass is 10.1. The van der Waals surface area contributed by atoms with Gasteiger partial charge in [0.2, 0.25) is 11.9 Å². The number of anilines is 2. The predicted molar refractivity (Wildman–Crippen MR) is 122 cm³/mol. The molecule has 2 heterocycles. The van der Waals surface area contributed by atoms with Crippen molar-refractivity contribution in [3.05, 3.63) is 60.5 Å². The maximum Gasteiger partial charge on any atom is 0.239 e. The fourth-order valence-electron chi connectivity index (χ4n) is 3.80. The first-order chi connectivity index (χ1) is 14.8. The van der Waals surface area contributed by atoms with Gasteiger partial charge in [-0.25, -0.2) is 4.98 Å². The van der Waals surface area contributed by atoms with Crippen LogP contribution in [0.3, 0.4) is 0 Å². The number of fused-ring (bicyclic) bond motifs is 2. The number of hydrogen-bond acceptors (Lipinski definition) is 4. The minimum Gasteiger partial charge on any atom is -0.362 e. The van der Waals surface area contributed by atoms with Gasteiger partial charge in [-0.2, -0.15) is 0 Å². The number of benzene rings is 2. The molecule has 1 aliphatic rings. The van der Waals surface area contributed by atoms with E-state index in [-0.39, 0.29) is 5.91 Å². The lowest BCUT2D eigenvalue weighted by Gasteiger charge is -2.24. The van der Waals surface area contributed by atoms with Crippen molar-refractivity contribution >= 4 is 28.6 Å². The van der Waals surface area contributed by atoms with Crippen molar-refractivity contribution < 1.29 is 4.79 Å². The summed E-state index contributed by atoms with van der Waals surface area (Å²) < 4.78 is 0. The Hall–Kier alpha value is -3.02. The van der Waals surface area contributed by atoms with Crippen molar-refractivity contribution in [1.82, 2.24) is 15.3 Å². The van der Waals surface area contributed by atoms with Crippen LogP contribution in [0.5, 0.6) is 0 Å². The molecule has 0 saturated carbocycles. The van der Waals surface area contributed by atoms with Gasteiger partial charge in [0.05, 0.1) is 17.6 Å². The summed E-state index contributed by atoms with van der Waals surface area (Å²) in [7, 11) is 0. The molecule has 0 atom stereocenters. The van der Waals surface area contributed by atoms with E-state index in [9.17, 15) is 4.79 Å². The Balaban J connectivity index is 1.12. The lowest BCUT2D eigenvalue weighted by Crippen LogP contribution is -2.38. The summed E-state index contributed by atoms with van der Waals surface area (Å²) in [6.45, 7) is 2.89. The van der Waals surface area contributed by atoms with Gasteiger partial charge in [-0.15, -0.1) is 0 Å². The summed E-state index contributed by atoms with van der Waals surface area (Å²) in [6, 6.07) is 16.2. The fourth-order valence-corrected chi connectivity index (χ4v) is 3.80. The molecule has 3 N–H and O–H groups in total. The Morgan fingerprint density at radius 3 is 2.83 bits per heavy atom. The molecule has 1 aliphatic heterocycles. The van der Waals surface area contributed by atoms with Gasteiger partial charge in [0.15, 0.2) is 0 Å². The molecule has 0 saturated heterocycles. The van der Waals surface area contributed by atoms with Gasteiger partial charge in [0.1, 0.15) is 0 Å². The molecular formula is C24H29N5O. The van der Waals surface area contributed by atoms with Crippen LogP contribution in [0.25, 0.3) is 11.0 Å². The van der Waals surface area contributed by atoms with Crippen molar-refractivity contribution in [3.8, 4) is 0 Å². The van der Waals surface area contributed by atoms with Gasteiger partial charge in [0, 0.05) is 31.7 Å². The molecule has 1 aromatic heterocycles. The fraction of sp³-hybridized carbons (Fsp3) is 0.375. The highest BCUT2D eigenvalue weighted by Gasteiger charge is 2.17. The van der Waals surface area contributed by atoms with Crippen LogP contribution < -0.4 is 15.5 Å². The maximum atomic E-state index is 12.4. The van der Waals surface area contributed by atoms with Crippen LogP contribution in [0.15, 0.2) is 48.5 Å². The molecule has 0 fully saturated rings. The second-order valence-electron chi connectivity index (χ2n) is 7.66. The van der Waals surface area contributed by atoms with E-state index in [4.69, 9.17) is 0 Å². The zero-order chi connectivity index (χ0) is 20.6. The van der Waals surface area contributed by atoms with E-state index in [2.05, 4.69) is 44.1 Å². The molecule has 6 nitrogen and oxygen atoms in total. The van der Waals surface area contributed by atoms with Gasteiger partial charge < -0.3 is 20.5 Å². The minimum atomic E-state index is 0.0899. The second kappa shape index (κ2) is 10.1. The van der Waals surface area contributed by atoms with E-state index in [1.165, 1.54) is 0 Å². The zero-order valence-electron chi connectivity index (χ0n) is 17.3. The van der Waals surface area contributed by atoms with Crippen LogP contribution >= 0.6 is 0 Å². The minimum absolute atomic E-state index is 0.0899. The molecule has 2 radical (unpaired) electrons. The topological polar surface area (TPSA) is 73.1 Å². The molecule has 0 unspecified atom stereocenters. The molecular weight excluding hydrogens is 374 g/mol. The van der Waals surface area contributed by atoms with Crippen molar-refractivity contribution in [3.63, 3.8) is 0 Å². The van der Waals surface area contributed by atoms with Crippen LogP contribution in [0.2, 0.25) is 0 Å². The van der Waals surface area contributed by atoms with E-state index in [1.54, 1.807) is 0 Å². The number of imidazole rings is 1. The first-order valence-corrected chi connectivity index (χ1v) is 10.8. The van der Waals surface area contributed by atoms with E-state index >= 15 is 0 Å². The van der Waals surface area contributed by atoms with Gasteiger partial charge >= 0.3 is 0 Å². The van der Waals surface area contributed by atoms with E-state index in [1.807, 2.05) is 36.4 Å². The number of aromatic amines is 1. The standard InChI is InChI=1S/C24H29N5O/c30-23(18-29-17-9-6-11-19-10-2-5-14-22(19)29)25-15-7-1-8-16-26-24-27-20-12-3-4-13-21(20)28-24/h2-5,10,12-14H,1,6-9,15-18H2,(H,25,30)(H2,26,27,28). The van der Waals surface area contributed by atoms with Crippen molar-refractivity contribution in [2.24, 2.45) is 0 Å². The molecule has 2 aromatic carbocycles. The summed E-state index contributed by atoms with van der Waals surface area (Å²) in [5, 5.41) is 6.40. The van der Waals surface area contributed by atoms with Crippen LogP contribution in [0, 0.1) is 6.42 Å². The van der Waals surface area contributed by atoms with E-state index in [0.717, 1.165) is 80.0 Å². The van der Waals surface area contributed by atoms with Crippen LogP contribution in [-0.2, 0) is 4.79 Å².